The fraction of sp³-hybridized carbons (Fsp3) is 0.192. The Labute approximate surface area is 202 Å². The molecular formula is C26H24ClN3O4. The molecule has 4 rings (SSSR count). The van der Waals surface area contributed by atoms with Crippen molar-refractivity contribution in [3.05, 3.63) is 88.9 Å². The topological polar surface area (TPSA) is 87.7 Å². The van der Waals surface area contributed by atoms with E-state index < -0.39 is 5.92 Å². The molecular weight excluding hydrogens is 454 g/mol. The van der Waals surface area contributed by atoms with Gasteiger partial charge in [0, 0.05) is 30.2 Å². The van der Waals surface area contributed by atoms with Gasteiger partial charge in [-0.3, -0.25) is 14.4 Å². The van der Waals surface area contributed by atoms with Crippen LogP contribution in [0.1, 0.15) is 22.3 Å². The first-order chi connectivity index (χ1) is 16.4. The fourth-order valence-electron chi connectivity index (χ4n) is 3.84. The van der Waals surface area contributed by atoms with Crippen molar-refractivity contribution in [2.24, 2.45) is 5.92 Å². The zero-order valence-electron chi connectivity index (χ0n) is 18.6. The number of hydrogen-bond acceptors (Lipinski definition) is 4. The summed E-state index contributed by atoms with van der Waals surface area (Å²) in [7, 11) is 1.59. The van der Waals surface area contributed by atoms with Crippen molar-refractivity contribution in [2.75, 3.05) is 23.9 Å². The highest BCUT2D eigenvalue weighted by atomic mass is 35.5. The first kappa shape index (κ1) is 23.3. The minimum absolute atomic E-state index is 0.0959. The zero-order chi connectivity index (χ0) is 24.1. The van der Waals surface area contributed by atoms with Gasteiger partial charge in [0.25, 0.3) is 5.91 Å². The van der Waals surface area contributed by atoms with Gasteiger partial charge in [-0.05, 0) is 54.1 Å². The van der Waals surface area contributed by atoms with Crippen LogP contribution in [0.5, 0.6) is 5.75 Å². The van der Waals surface area contributed by atoms with Gasteiger partial charge >= 0.3 is 0 Å². The molecule has 3 amide bonds. The second-order valence-corrected chi connectivity index (χ2v) is 8.39. The number of carbonyl (C=O) groups excluding carboxylic acids is 3. The van der Waals surface area contributed by atoms with Crippen LogP contribution in [0.3, 0.4) is 0 Å². The average molecular weight is 478 g/mol. The number of para-hydroxylation sites is 1. The Kier molecular flexibility index (Phi) is 7.13. The normalized spacial score (nSPS) is 15.2. The maximum Gasteiger partial charge on any atom is 0.253 e. The van der Waals surface area contributed by atoms with Crippen molar-refractivity contribution in [1.82, 2.24) is 5.32 Å². The minimum Gasteiger partial charge on any atom is -0.497 e. The molecule has 0 saturated carbocycles. The highest BCUT2D eigenvalue weighted by Gasteiger charge is 2.35. The third-order valence-electron chi connectivity index (χ3n) is 5.65. The van der Waals surface area contributed by atoms with Gasteiger partial charge in [0.15, 0.2) is 0 Å². The van der Waals surface area contributed by atoms with Gasteiger partial charge in [-0.1, -0.05) is 35.9 Å². The largest absolute Gasteiger partial charge is 0.497 e. The second kappa shape index (κ2) is 10.4. The zero-order valence-corrected chi connectivity index (χ0v) is 19.3. The van der Waals surface area contributed by atoms with Crippen LogP contribution < -0.4 is 20.3 Å². The minimum atomic E-state index is -0.531. The first-order valence-electron chi connectivity index (χ1n) is 10.8. The summed E-state index contributed by atoms with van der Waals surface area (Å²) < 4.78 is 5.21. The third kappa shape index (κ3) is 5.38. The Morgan fingerprint density at radius 1 is 1.06 bits per heavy atom. The Bertz CT molecular complexity index is 1210. The van der Waals surface area contributed by atoms with Crippen LogP contribution in [-0.4, -0.2) is 31.4 Å². The van der Waals surface area contributed by atoms with Gasteiger partial charge < -0.3 is 20.3 Å². The third-order valence-corrected chi connectivity index (χ3v) is 5.90. The van der Waals surface area contributed by atoms with E-state index in [2.05, 4.69) is 10.6 Å². The van der Waals surface area contributed by atoms with Gasteiger partial charge in [-0.2, -0.15) is 0 Å². The number of nitrogens with zero attached hydrogens (tertiary/aromatic N) is 1. The van der Waals surface area contributed by atoms with Crippen LogP contribution in [0.15, 0.2) is 72.8 Å². The molecule has 0 unspecified atom stereocenters. The Hall–Kier alpha value is -3.84. The van der Waals surface area contributed by atoms with Gasteiger partial charge in [0.2, 0.25) is 11.8 Å². The van der Waals surface area contributed by atoms with E-state index in [9.17, 15) is 14.4 Å². The fourth-order valence-corrected chi connectivity index (χ4v) is 3.96. The molecule has 3 aromatic carbocycles. The van der Waals surface area contributed by atoms with Crippen LogP contribution in [0.2, 0.25) is 5.02 Å². The summed E-state index contributed by atoms with van der Waals surface area (Å²) in [4.78, 5) is 39.9. The number of halogens is 1. The molecule has 3 aromatic rings. The van der Waals surface area contributed by atoms with Gasteiger partial charge in [0.05, 0.1) is 24.3 Å². The monoisotopic (exact) mass is 477 g/mol. The lowest BCUT2D eigenvalue weighted by molar-refractivity contribution is -0.122. The molecule has 1 aliphatic heterocycles. The molecule has 0 spiro atoms. The van der Waals surface area contributed by atoms with E-state index in [-0.39, 0.29) is 30.7 Å². The highest BCUT2D eigenvalue weighted by molar-refractivity contribution is 6.30. The predicted molar refractivity (Wildman–Crippen MR) is 131 cm³/mol. The van der Waals surface area contributed by atoms with E-state index >= 15 is 0 Å². The van der Waals surface area contributed by atoms with E-state index in [0.29, 0.717) is 34.3 Å². The molecule has 1 heterocycles. The molecule has 1 atom stereocenters. The van der Waals surface area contributed by atoms with E-state index in [0.717, 1.165) is 5.56 Å². The van der Waals surface area contributed by atoms with Crippen LogP contribution in [0, 0.1) is 5.92 Å². The number of anilines is 2. The number of hydrogen-bond donors (Lipinski definition) is 2. The standard InChI is InChI=1S/C26H24ClN3O4/c1-34-21-6-4-5-17(13-21)15-28-26(33)22-7-2-3-8-23(22)29-25(32)18-14-24(31)30(16-18)20-11-9-19(27)10-12-20/h2-13,18H,14-16H2,1H3,(H,28,33)(H,29,32)/t18-/m1/s1. The molecule has 2 N–H and O–H groups in total. The first-order valence-corrected chi connectivity index (χ1v) is 11.2. The summed E-state index contributed by atoms with van der Waals surface area (Å²) in [5.41, 5.74) is 2.33. The van der Waals surface area contributed by atoms with Crippen molar-refractivity contribution in [1.29, 1.82) is 0 Å². The molecule has 0 radical (unpaired) electrons. The number of carbonyl (C=O) groups is 3. The molecule has 1 aliphatic rings. The highest BCUT2D eigenvalue weighted by Crippen LogP contribution is 2.27. The Balaban J connectivity index is 1.41. The molecule has 7 nitrogen and oxygen atoms in total. The molecule has 34 heavy (non-hydrogen) atoms. The quantitative estimate of drug-likeness (QED) is 0.532. The Morgan fingerprint density at radius 3 is 2.59 bits per heavy atom. The van der Waals surface area contributed by atoms with Gasteiger partial charge in [0.1, 0.15) is 5.75 Å². The van der Waals surface area contributed by atoms with E-state index in [4.69, 9.17) is 16.3 Å². The maximum absolute atomic E-state index is 13.0. The average Bonchev–Trinajstić information content (AvgIpc) is 3.25. The van der Waals surface area contributed by atoms with E-state index in [1.807, 2.05) is 24.3 Å². The number of nitrogens with one attached hydrogen (secondary N) is 2. The molecule has 174 valence electrons. The maximum atomic E-state index is 13.0. The number of ether oxygens (including phenoxy) is 1. The van der Waals surface area contributed by atoms with Crippen molar-refractivity contribution in [3.8, 4) is 5.75 Å². The number of amides is 3. The molecule has 0 aliphatic carbocycles. The molecule has 1 fully saturated rings. The molecule has 8 heteroatoms. The molecule has 1 saturated heterocycles. The summed E-state index contributed by atoms with van der Waals surface area (Å²) in [6, 6.07) is 21.1. The van der Waals surface area contributed by atoms with Crippen LogP contribution in [0.4, 0.5) is 11.4 Å². The summed E-state index contributed by atoms with van der Waals surface area (Å²) >= 11 is 5.93. The Morgan fingerprint density at radius 2 is 1.82 bits per heavy atom. The summed E-state index contributed by atoms with van der Waals surface area (Å²) in [5.74, 6) is -0.581. The van der Waals surface area contributed by atoms with E-state index in [1.165, 1.54) is 0 Å². The van der Waals surface area contributed by atoms with Crippen LogP contribution >= 0.6 is 11.6 Å². The molecule has 0 aromatic heterocycles. The lowest BCUT2D eigenvalue weighted by Gasteiger charge is -2.17. The summed E-state index contributed by atoms with van der Waals surface area (Å²) in [6.45, 7) is 0.571. The van der Waals surface area contributed by atoms with Crippen molar-refractivity contribution >= 4 is 40.7 Å². The summed E-state index contributed by atoms with van der Waals surface area (Å²) in [5, 5.41) is 6.28. The van der Waals surface area contributed by atoms with Gasteiger partial charge in [-0.25, -0.2) is 0 Å². The van der Waals surface area contributed by atoms with Gasteiger partial charge in [-0.15, -0.1) is 0 Å². The lowest BCUT2D eigenvalue weighted by Crippen LogP contribution is -2.29. The van der Waals surface area contributed by atoms with E-state index in [1.54, 1.807) is 60.5 Å². The smallest absolute Gasteiger partial charge is 0.253 e. The predicted octanol–water partition coefficient (Wildman–Crippen LogP) is 4.27. The van der Waals surface area contributed by atoms with Crippen molar-refractivity contribution in [2.45, 2.75) is 13.0 Å². The van der Waals surface area contributed by atoms with Crippen molar-refractivity contribution in [3.63, 3.8) is 0 Å². The van der Waals surface area contributed by atoms with Crippen LogP contribution in [-0.2, 0) is 16.1 Å². The lowest BCUT2D eigenvalue weighted by atomic mass is 10.1. The number of rotatable bonds is 7. The second-order valence-electron chi connectivity index (χ2n) is 7.95. The number of methoxy groups -OCH3 is 1. The van der Waals surface area contributed by atoms with Crippen LogP contribution in [0.25, 0.3) is 0 Å². The summed E-state index contributed by atoms with van der Waals surface area (Å²) in [6.07, 6.45) is 0.0959. The van der Waals surface area contributed by atoms with Crippen molar-refractivity contribution < 1.29 is 19.1 Å². The number of benzene rings is 3. The SMILES string of the molecule is COc1cccc(CNC(=O)c2ccccc2NC(=O)[C@@H]2CC(=O)N(c3ccc(Cl)cc3)C2)c1. The molecule has 0 bridgehead atoms.